The van der Waals surface area contributed by atoms with E-state index in [9.17, 15) is 4.79 Å². The van der Waals surface area contributed by atoms with Gasteiger partial charge < -0.3 is 10.4 Å². The molecule has 1 rings (SSSR count). The van der Waals surface area contributed by atoms with Crippen molar-refractivity contribution in [2.24, 2.45) is 0 Å². The lowest BCUT2D eigenvalue weighted by Gasteiger charge is -2.04. The highest BCUT2D eigenvalue weighted by molar-refractivity contribution is 5.93. The zero-order valence-corrected chi connectivity index (χ0v) is 8.86. The smallest absolute Gasteiger partial charge is 0.252 e. The molecular weight excluding hydrogens is 192 g/mol. The fourth-order valence-electron chi connectivity index (χ4n) is 1.22. The molecule has 1 amide bonds. The molecule has 4 nitrogen and oxygen atoms in total. The van der Waals surface area contributed by atoms with Crippen LogP contribution in [0.5, 0.6) is 0 Å². The SMILES string of the molecule is Cc1cncc(C(=O)NCCCCO)c1. The molecule has 0 radical (unpaired) electrons. The third-order valence-electron chi connectivity index (χ3n) is 2.01. The third-order valence-corrected chi connectivity index (χ3v) is 2.01. The number of aromatic nitrogens is 1. The number of aliphatic hydroxyl groups excluding tert-OH is 1. The first-order valence-electron chi connectivity index (χ1n) is 5.05. The van der Waals surface area contributed by atoms with E-state index >= 15 is 0 Å². The summed E-state index contributed by atoms with van der Waals surface area (Å²) in [4.78, 5) is 15.5. The lowest BCUT2D eigenvalue weighted by Crippen LogP contribution is -2.24. The van der Waals surface area contributed by atoms with E-state index in [0.717, 1.165) is 12.0 Å². The second-order valence-corrected chi connectivity index (χ2v) is 3.44. The Kier molecular flexibility index (Phi) is 4.77. The van der Waals surface area contributed by atoms with Crippen molar-refractivity contribution < 1.29 is 9.90 Å². The van der Waals surface area contributed by atoms with E-state index < -0.39 is 0 Å². The lowest BCUT2D eigenvalue weighted by atomic mass is 10.2. The van der Waals surface area contributed by atoms with Crippen LogP contribution in [0, 0.1) is 6.92 Å². The Balaban J connectivity index is 2.40. The Hall–Kier alpha value is -1.42. The molecule has 0 unspecified atom stereocenters. The number of hydrogen-bond acceptors (Lipinski definition) is 3. The summed E-state index contributed by atoms with van der Waals surface area (Å²) in [5.74, 6) is -0.107. The second kappa shape index (κ2) is 6.14. The number of carbonyl (C=O) groups excluding carboxylic acids is 1. The molecule has 0 atom stereocenters. The minimum Gasteiger partial charge on any atom is -0.396 e. The van der Waals surface area contributed by atoms with Crippen molar-refractivity contribution in [1.29, 1.82) is 0 Å². The van der Waals surface area contributed by atoms with Crippen LogP contribution in [-0.4, -0.2) is 29.1 Å². The molecule has 15 heavy (non-hydrogen) atoms. The quantitative estimate of drug-likeness (QED) is 0.706. The monoisotopic (exact) mass is 208 g/mol. The molecule has 0 saturated carbocycles. The molecule has 0 aliphatic rings. The molecule has 1 heterocycles. The van der Waals surface area contributed by atoms with E-state index in [1.54, 1.807) is 18.5 Å². The van der Waals surface area contributed by atoms with Crippen LogP contribution < -0.4 is 5.32 Å². The van der Waals surface area contributed by atoms with Crippen LogP contribution in [0.4, 0.5) is 0 Å². The van der Waals surface area contributed by atoms with Gasteiger partial charge in [-0.15, -0.1) is 0 Å². The molecular formula is C11H16N2O2. The van der Waals surface area contributed by atoms with Gasteiger partial charge in [-0.25, -0.2) is 0 Å². The van der Waals surface area contributed by atoms with E-state index in [2.05, 4.69) is 10.3 Å². The highest BCUT2D eigenvalue weighted by Crippen LogP contribution is 2.00. The zero-order chi connectivity index (χ0) is 11.1. The molecule has 2 N–H and O–H groups in total. The van der Waals surface area contributed by atoms with Crippen molar-refractivity contribution in [3.63, 3.8) is 0 Å². The lowest BCUT2D eigenvalue weighted by molar-refractivity contribution is 0.0951. The van der Waals surface area contributed by atoms with Gasteiger partial charge in [0, 0.05) is 25.5 Å². The minimum atomic E-state index is -0.107. The van der Waals surface area contributed by atoms with Crippen LogP contribution in [0.15, 0.2) is 18.5 Å². The predicted octanol–water partition coefficient (Wildman–Crippen LogP) is 0.892. The zero-order valence-electron chi connectivity index (χ0n) is 8.86. The number of pyridine rings is 1. The van der Waals surface area contributed by atoms with Gasteiger partial charge in [-0.05, 0) is 31.4 Å². The number of hydrogen-bond donors (Lipinski definition) is 2. The fourth-order valence-corrected chi connectivity index (χ4v) is 1.22. The van der Waals surface area contributed by atoms with Crippen LogP contribution in [0.25, 0.3) is 0 Å². The molecule has 1 aromatic rings. The molecule has 82 valence electrons. The summed E-state index contributed by atoms with van der Waals surface area (Å²) >= 11 is 0. The Morgan fingerprint density at radius 1 is 1.47 bits per heavy atom. The Morgan fingerprint density at radius 3 is 2.93 bits per heavy atom. The van der Waals surface area contributed by atoms with Crippen LogP contribution in [0.1, 0.15) is 28.8 Å². The summed E-state index contributed by atoms with van der Waals surface area (Å²) in [6.45, 7) is 2.66. The maximum Gasteiger partial charge on any atom is 0.252 e. The van der Waals surface area contributed by atoms with Crippen molar-refractivity contribution in [3.05, 3.63) is 29.6 Å². The number of rotatable bonds is 5. The van der Waals surface area contributed by atoms with E-state index in [-0.39, 0.29) is 12.5 Å². The highest BCUT2D eigenvalue weighted by atomic mass is 16.2. The summed E-state index contributed by atoms with van der Waals surface area (Å²) in [6.07, 6.45) is 4.77. The number of aryl methyl sites for hydroxylation is 1. The molecule has 4 heteroatoms. The predicted molar refractivity (Wildman–Crippen MR) is 57.6 cm³/mol. The summed E-state index contributed by atoms with van der Waals surface area (Å²) < 4.78 is 0. The van der Waals surface area contributed by atoms with Gasteiger partial charge in [0.05, 0.1) is 5.56 Å². The minimum absolute atomic E-state index is 0.107. The summed E-state index contributed by atoms with van der Waals surface area (Å²) in [5.41, 5.74) is 1.55. The Morgan fingerprint density at radius 2 is 2.27 bits per heavy atom. The summed E-state index contributed by atoms with van der Waals surface area (Å²) in [5, 5.41) is 11.3. The van der Waals surface area contributed by atoms with Gasteiger partial charge in [-0.2, -0.15) is 0 Å². The largest absolute Gasteiger partial charge is 0.396 e. The standard InChI is InChI=1S/C11H16N2O2/c1-9-6-10(8-12-7-9)11(15)13-4-2-3-5-14/h6-8,14H,2-5H2,1H3,(H,13,15). The van der Waals surface area contributed by atoms with Gasteiger partial charge in [0.2, 0.25) is 0 Å². The van der Waals surface area contributed by atoms with Crippen LogP contribution >= 0.6 is 0 Å². The topological polar surface area (TPSA) is 62.2 Å². The first-order valence-corrected chi connectivity index (χ1v) is 5.05. The molecule has 0 bridgehead atoms. The van der Waals surface area contributed by atoms with Crippen LogP contribution in [0.2, 0.25) is 0 Å². The maximum absolute atomic E-state index is 11.5. The molecule has 0 fully saturated rings. The van der Waals surface area contributed by atoms with Crippen molar-refractivity contribution in [2.75, 3.05) is 13.2 Å². The third kappa shape index (κ3) is 4.08. The Bertz CT molecular complexity index is 326. The normalized spacial score (nSPS) is 10.0. The summed E-state index contributed by atoms with van der Waals surface area (Å²) in [7, 11) is 0. The number of unbranched alkanes of at least 4 members (excludes halogenated alkanes) is 1. The van der Waals surface area contributed by atoms with E-state index in [1.807, 2.05) is 6.92 Å². The first kappa shape index (κ1) is 11.7. The molecule has 0 saturated heterocycles. The second-order valence-electron chi connectivity index (χ2n) is 3.44. The summed E-state index contributed by atoms with van der Waals surface area (Å²) in [6, 6.07) is 1.80. The fraction of sp³-hybridized carbons (Fsp3) is 0.455. The van der Waals surface area contributed by atoms with Gasteiger partial charge >= 0.3 is 0 Å². The number of carbonyl (C=O) groups is 1. The first-order chi connectivity index (χ1) is 7.24. The molecule has 0 aromatic carbocycles. The van der Waals surface area contributed by atoms with Crippen LogP contribution in [0.3, 0.4) is 0 Å². The average Bonchev–Trinajstić information content (AvgIpc) is 2.24. The van der Waals surface area contributed by atoms with Gasteiger partial charge in [0.25, 0.3) is 5.91 Å². The Labute approximate surface area is 89.3 Å². The van der Waals surface area contributed by atoms with Crippen molar-refractivity contribution >= 4 is 5.91 Å². The molecule has 0 aliphatic carbocycles. The van der Waals surface area contributed by atoms with Gasteiger partial charge in [0.15, 0.2) is 0 Å². The number of amides is 1. The highest BCUT2D eigenvalue weighted by Gasteiger charge is 2.04. The maximum atomic E-state index is 11.5. The number of aliphatic hydroxyl groups is 1. The van der Waals surface area contributed by atoms with Gasteiger partial charge in [0.1, 0.15) is 0 Å². The van der Waals surface area contributed by atoms with E-state index in [1.165, 1.54) is 0 Å². The number of nitrogens with one attached hydrogen (secondary N) is 1. The van der Waals surface area contributed by atoms with E-state index in [0.29, 0.717) is 18.5 Å². The van der Waals surface area contributed by atoms with Crippen LogP contribution in [-0.2, 0) is 0 Å². The molecule has 1 aromatic heterocycles. The van der Waals surface area contributed by atoms with Gasteiger partial charge in [-0.1, -0.05) is 0 Å². The van der Waals surface area contributed by atoms with Crippen molar-refractivity contribution in [1.82, 2.24) is 10.3 Å². The van der Waals surface area contributed by atoms with Crippen molar-refractivity contribution in [3.8, 4) is 0 Å². The molecule has 0 spiro atoms. The number of nitrogens with zero attached hydrogens (tertiary/aromatic N) is 1. The van der Waals surface area contributed by atoms with Crippen molar-refractivity contribution in [2.45, 2.75) is 19.8 Å². The van der Waals surface area contributed by atoms with E-state index in [4.69, 9.17) is 5.11 Å². The van der Waals surface area contributed by atoms with Gasteiger partial charge in [-0.3, -0.25) is 9.78 Å². The average molecular weight is 208 g/mol. The molecule has 0 aliphatic heterocycles.